The number of halogens is 3. The summed E-state index contributed by atoms with van der Waals surface area (Å²) in [5.74, 6) is -1.74. The number of carbonyl (C=O) groups is 1. The van der Waals surface area contributed by atoms with Gasteiger partial charge in [0.05, 0.1) is 0 Å². The molecule has 0 spiro atoms. The summed E-state index contributed by atoms with van der Waals surface area (Å²) in [5.41, 5.74) is 0.278. The Bertz CT molecular complexity index is 256. The largest absolute Gasteiger partial charge is 0.480 e. The number of carboxylic acids is 1. The van der Waals surface area contributed by atoms with E-state index in [9.17, 15) is 18.1 Å². The minimum atomic E-state index is -5.64. The highest BCUT2D eigenvalue weighted by molar-refractivity contribution is 7.53. The number of alkyl halides is 2. The fourth-order valence-corrected chi connectivity index (χ4v) is 0.905. The molecule has 0 saturated carbocycles. The van der Waals surface area contributed by atoms with Crippen LogP contribution in [0.15, 0.2) is 0 Å². The summed E-state index contributed by atoms with van der Waals surface area (Å²) < 4.78 is 35.0. The van der Waals surface area contributed by atoms with Crippen LogP contribution in [0.3, 0.4) is 0 Å². The minimum absolute atomic E-state index is 0. The van der Waals surface area contributed by atoms with Gasteiger partial charge in [0.2, 0.25) is 0 Å². The molecule has 0 aromatic rings. The van der Waals surface area contributed by atoms with Crippen LogP contribution in [0.5, 0.6) is 0 Å². The molecule has 0 aliphatic heterocycles. The van der Waals surface area contributed by atoms with Gasteiger partial charge in [0.25, 0.3) is 0 Å². The molecular formula is C4H9ClF2NO5P. The van der Waals surface area contributed by atoms with Crippen molar-refractivity contribution in [2.45, 2.75) is 18.1 Å². The first kappa shape index (κ1) is 16.2. The van der Waals surface area contributed by atoms with Crippen molar-refractivity contribution < 1.29 is 33.0 Å². The summed E-state index contributed by atoms with van der Waals surface area (Å²) in [6.07, 6.45) is -1.59. The van der Waals surface area contributed by atoms with E-state index in [4.69, 9.17) is 14.9 Å². The molecule has 0 aromatic carbocycles. The van der Waals surface area contributed by atoms with Gasteiger partial charge in [0.15, 0.2) is 0 Å². The van der Waals surface area contributed by atoms with E-state index in [1.807, 2.05) is 0 Å². The van der Waals surface area contributed by atoms with E-state index in [-0.39, 0.29) is 12.4 Å². The minimum Gasteiger partial charge on any atom is -0.480 e. The summed E-state index contributed by atoms with van der Waals surface area (Å²) in [4.78, 5) is 26.2. The topological polar surface area (TPSA) is 121 Å². The first-order chi connectivity index (χ1) is 5.58. The Morgan fingerprint density at radius 3 is 2.07 bits per heavy atom. The smallest absolute Gasteiger partial charge is 0.394 e. The van der Waals surface area contributed by atoms with Gasteiger partial charge in [0.1, 0.15) is 6.04 Å². The third-order valence-corrected chi connectivity index (χ3v) is 2.24. The first-order valence-electron chi connectivity index (χ1n) is 3.00. The van der Waals surface area contributed by atoms with Crippen molar-refractivity contribution in [3.8, 4) is 0 Å². The number of hydrogen-bond acceptors (Lipinski definition) is 3. The Labute approximate surface area is 83.7 Å². The highest BCUT2D eigenvalue weighted by Gasteiger charge is 2.50. The van der Waals surface area contributed by atoms with Gasteiger partial charge in [-0.3, -0.25) is 9.36 Å². The van der Waals surface area contributed by atoms with Gasteiger partial charge in [-0.15, -0.1) is 12.4 Å². The monoisotopic (exact) mass is 255 g/mol. The molecule has 5 N–H and O–H groups in total. The van der Waals surface area contributed by atoms with Gasteiger partial charge in [-0.1, -0.05) is 0 Å². The quantitative estimate of drug-likeness (QED) is 0.524. The SMILES string of the molecule is Cl.NC(CC(F)(F)P(=O)(O)O)C(=O)O. The van der Waals surface area contributed by atoms with Crippen LogP contribution in [0.25, 0.3) is 0 Å². The van der Waals surface area contributed by atoms with Crippen molar-refractivity contribution in [2.24, 2.45) is 5.73 Å². The van der Waals surface area contributed by atoms with Crippen molar-refractivity contribution in [1.82, 2.24) is 0 Å². The Morgan fingerprint density at radius 2 is 1.86 bits per heavy atom. The maximum atomic E-state index is 12.4. The molecule has 0 amide bonds. The Morgan fingerprint density at radius 1 is 1.50 bits per heavy atom. The van der Waals surface area contributed by atoms with Crippen LogP contribution >= 0.6 is 20.0 Å². The third kappa shape index (κ3) is 4.30. The lowest BCUT2D eigenvalue weighted by Crippen LogP contribution is -2.36. The van der Waals surface area contributed by atoms with E-state index in [1.165, 1.54) is 0 Å². The zero-order chi connectivity index (χ0) is 10.9. The molecular weight excluding hydrogens is 246 g/mol. The van der Waals surface area contributed by atoms with Gasteiger partial charge < -0.3 is 20.6 Å². The summed E-state index contributed by atoms with van der Waals surface area (Å²) >= 11 is 0. The molecule has 0 bridgehead atoms. The summed E-state index contributed by atoms with van der Waals surface area (Å²) in [7, 11) is -5.64. The second-order valence-corrected chi connectivity index (χ2v) is 4.10. The Balaban J connectivity index is 0. The number of nitrogens with two attached hydrogens (primary N) is 1. The normalized spacial score (nSPS) is 14.4. The van der Waals surface area contributed by atoms with Gasteiger partial charge in [-0.2, -0.15) is 8.78 Å². The molecule has 0 fully saturated rings. The summed E-state index contributed by atoms with van der Waals surface area (Å²) in [5, 5.41) is 8.10. The van der Waals surface area contributed by atoms with Crippen molar-refractivity contribution in [3.63, 3.8) is 0 Å². The lowest BCUT2D eigenvalue weighted by atomic mass is 10.2. The molecule has 0 heterocycles. The lowest BCUT2D eigenvalue weighted by molar-refractivity contribution is -0.140. The molecule has 6 nitrogen and oxygen atoms in total. The zero-order valence-corrected chi connectivity index (χ0v) is 8.34. The summed E-state index contributed by atoms with van der Waals surface area (Å²) in [6.45, 7) is 0. The van der Waals surface area contributed by atoms with Crippen LogP contribution in [0.2, 0.25) is 0 Å². The van der Waals surface area contributed by atoms with E-state index < -0.39 is 31.7 Å². The lowest BCUT2D eigenvalue weighted by Gasteiger charge is -2.18. The van der Waals surface area contributed by atoms with Crippen molar-refractivity contribution in [3.05, 3.63) is 0 Å². The molecule has 1 atom stereocenters. The fraction of sp³-hybridized carbons (Fsp3) is 0.750. The highest BCUT2D eigenvalue weighted by Crippen LogP contribution is 2.54. The van der Waals surface area contributed by atoms with Gasteiger partial charge in [-0.05, 0) is 0 Å². The summed E-state index contributed by atoms with van der Waals surface area (Å²) in [6, 6.07) is -2.00. The molecule has 1 unspecified atom stereocenters. The number of aliphatic carboxylic acids is 1. The van der Waals surface area contributed by atoms with Crippen molar-refractivity contribution in [2.75, 3.05) is 0 Å². The molecule has 0 aliphatic rings. The zero-order valence-electron chi connectivity index (χ0n) is 6.63. The molecule has 0 saturated heterocycles. The number of carboxylic acid groups (broad SMARTS) is 1. The van der Waals surface area contributed by atoms with E-state index in [0.717, 1.165) is 0 Å². The molecule has 0 aromatic heterocycles. The molecule has 0 radical (unpaired) electrons. The first-order valence-corrected chi connectivity index (χ1v) is 4.61. The highest BCUT2D eigenvalue weighted by atomic mass is 35.5. The maximum Gasteiger partial charge on any atom is 0.394 e. The van der Waals surface area contributed by atoms with E-state index >= 15 is 0 Å². The predicted molar refractivity (Wildman–Crippen MR) is 44.5 cm³/mol. The fourth-order valence-electron chi connectivity index (χ4n) is 0.471. The van der Waals surface area contributed by atoms with E-state index in [1.54, 1.807) is 0 Å². The van der Waals surface area contributed by atoms with Crippen molar-refractivity contribution in [1.29, 1.82) is 0 Å². The van der Waals surface area contributed by atoms with Crippen LogP contribution in [0, 0.1) is 0 Å². The molecule has 86 valence electrons. The molecule has 10 heteroatoms. The van der Waals surface area contributed by atoms with Gasteiger partial charge >= 0.3 is 19.2 Å². The average molecular weight is 256 g/mol. The Hall–Kier alpha value is -0.270. The molecule has 0 rings (SSSR count). The van der Waals surface area contributed by atoms with Crippen LogP contribution in [-0.2, 0) is 9.36 Å². The maximum absolute atomic E-state index is 12.4. The van der Waals surface area contributed by atoms with Crippen LogP contribution < -0.4 is 5.73 Å². The second kappa shape index (κ2) is 4.99. The van der Waals surface area contributed by atoms with Crippen molar-refractivity contribution >= 4 is 26.0 Å². The second-order valence-electron chi connectivity index (χ2n) is 2.36. The van der Waals surface area contributed by atoms with Crippen LogP contribution in [0.1, 0.15) is 6.42 Å². The van der Waals surface area contributed by atoms with E-state index in [0.29, 0.717) is 0 Å². The molecule has 14 heavy (non-hydrogen) atoms. The van der Waals surface area contributed by atoms with Crippen LogP contribution in [0.4, 0.5) is 8.78 Å². The average Bonchev–Trinajstić information content (AvgIpc) is 1.83. The predicted octanol–water partition coefficient (Wildman–Crippen LogP) is -0.0193. The third-order valence-electron chi connectivity index (χ3n) is 1.21. The van der Waals surface area contributed by atoms with E-state index in [2.05, 4.69) is 5.73 Å². The standard InChI is InChI=1S/C4H8F2NO5P.ClH/c5-4(6,13(10,11)12)1-2(7)3(8)9;/h2H,1,7H2,(H,8,9)(H2,10,11,12);1H. The van der Waals surface area contributed by atoms with Gasteiger partial charge in [-0.25, -0.2) is 0 Å². The van der Waals surface area contributed by atoms with Crippen LogP contribution in [-0.4, -0.2) is 32.6 Å². The van der Waals surface area contributed by atoms with Gasteiger partial charge in [0, 0.05) is 6.42 Å². The Kier molecular flexibility index (Phi) is 5.77. The molecule has 0 aliphatic carbocycles. The number of rotatable bonds is 4. The number of hydrogen-bond donors (Lipinski definition) is 4.